The Hall–Kier alpha value is -3.39. The minimum absolute atomic E-state index is 0.0946. The summed E-state index contributed by atoms with van der Waals surface area (Å²) in [7, 11) is 1.48. The van der Waals surface area contributed by atoms with Gasteiger partial charge >= 0.3 is 0 Å². The molecule has 0 aliphatic carbocycles. The van der Waals surface area contributed by atoms with E-state index in [0.717, 1.165) is 0 Å². The number of carbonyl (C=O) groups excluding carboxylic acids is 2. The highest BCUT2D eigenvalue weighted by Gasteiger charge is 2.46. The van der Waals surface area contributed by atoms with Crippen LogP contribution in [0.5, 0.6) is 11.5 Å². The van der Waals surface area contributed by atoms with Crippen molar-refractivity contribution >= 4 is 17.4 Å². The number of likely N-dealkylation sites (tertiary alicyclic amines) is 1. The Kier molecular flexibility index (Phi) is 7.48. The van der Waals surface area contributed by atoms with Gasteiger partial charge < -0.3 is 24.2 Å². The van der Waals surface area contributed by atoms with E-state index in [4.69, 9.17) is 14.2 Å². The summed E-state index contributed by atoms with van der Waals surface area (Å²) in [6.45, 7) is 4.72. The number of methoxy groups -OCH3 is 1. The van der Waals surface area contributed by atoms with Gasteiger partial charge in [-0.3, -0.25) is 9.59 Å². The molecular weight excluding hydrogens is 417 g/mol. The molecule has 8 heteroatoms. The van der Waals surface area contributed by atoms with Crippen molar-refractivity contribution in [1.29, 1.82) is 0 Å². The molecule has 1 fully saturated rings. The van der Waals surface area contributed by atoms with Crippen molar-refractivity contribution in [3.8, 4) is 11.5 Å². The number of hydrogen-bond acceptors (Lipinski definition) is 6. The van der Waals surface area contributed by atoms with Crippen LogP contribution < -0.4 is 9.47 Å². The van der Waals surface area contributed by atoms with Gasteiger partial charge in [-0.05, 0) is 43.7 Å². The summed E-state index contributed by atoms with van der Waals surface area (Å²) in [5.41, 5.74) is 0.655. The van der Waals surface area contributed by atoms with Gasteiger partial charge in [0, 0.05) is 19.7 Å². The zero-order valence-electron chi connectivity index (χ0n) is 18.3. The Morgan fingerprint density at radius 3 is 2.38 bits per heavy atom. The summed E-state index contributed by atoms with van der Waals surface area (Å²) in [5.74, 6) is -1.55. The summed E-state index contributed by atoms with van der Waals surface area (Å²) in [4.78, 5) is 27.1. The van der Waals surface area contributed by atoms with Crippen LogP contribution in [-0.4, -0.2) is 55.2 Å². The van der Waals surface area contributed by atoms with Crippen LogP contribution in [0, 0.1) is 5.82 Å². The van der Waals surface area contributed by atoms with E-state index in [-0.39, 0.29) is 30.0 Å². The third-order valence-electron chi connectivity index (χ3n) is 5.08. The second-order valence-corrected chi connectivity index (χ2v) is 7.06. The Morgan fingerprint density at radius 2 is 1.75 bits per heavy atom. The molecule has 1 atom stereocenters. The summed E-state index contributed by atoms with van der Waals surface area (Å²) in [5, 5.41) is 11.2. The number of aliphatic hydroxyl groups excluding tert-OH is 1. The van der Waals surface area contributed by atoms with Crippen molar-refractivity contribution in [3.63, 3.8) is 0 Å². The number of carbonyl (C=O) groups is 2. The quantitative estimate of drug-likeness (QED) is 0.362. The molecule has 0 bridgehead atoms. The van der Waals surface area contributed by atoms with Crippen molar-refractivity contribution in [2.45, 2.75) is 19.9 Å². The molecule has 7 nitrogen and oxygen atoms in total. The SMILES string of the molecule is CCOc1ccc(/C(O)=C2/C(=O)C(=O)N(CCOC)C2c2ccc(F)cc2)c(OCC)c1. The zero-order chi connectivity index (χ0) is 23.3. The lowest BCUT2D eigenvalue weighted by atomic mass is 9.95. The van der Waals surface area contributed by atoms with Gasteiger partial charge in [0.1, 0.15) is 23.1 Å². The average Bonchev–Trinajstić information content (AvgIpc) is 3.03. The number of ketones is 1. The number of rotatable bonds is 9. The summed E-state index contributed by atoms with van der Waals surface area (Å²) in [6.07, 6.45) is 0. The zero-order valence-corrected chi connectivity index (χ0v) is 18.3. The fourth-order valence-electron chi connectivity index (χ4n) is 3.67. The van der Waals surface area contributed by atoms with Crippen molar-refractivity contribution in [2.24, 2.45) is 0 Å². The number of Topliss-reactive ketones (excluding diaryl/α,β-unsaturated/α-hetero) is 1. The number of halogens is 1. The minimum atomic E-state index is -0.896. The van der Waals surface area contributed by atoms with Gasteiger partial charge in [-0.2, -0.15) is 0 Å². The molecule has 1 heterocycles. The number of nitrogens with zero attached hydrogens (tertiary/aromatic N) is 1. The second kappa shape index (κ2) is 10.3. The molecule has 0 spiro atoms. The van der Waals surface area contributed by atoms with E-state index in [1.165, 1.54) is 36.3 Å². The highest BCUT2D eigenvalue weighted by molar-refractivity contribution is 6.46. The van der Waals surface area contributed by atoms with Crippen LogP contribution in [0.15, 0.2) is 48.0 Å². The lowest BCUT2D eigenvalue weighted by Crippen LogP contribution is -2.32. The number of hydrogen-bond donors (Lipinski definition) is 1. The Balaban J connectivity index is 2.18. The third kappa shape index (κ3) is 4.60. The van der Waals surface area contributed by atoms with Gasteiger partial charge in [-0.15, -0.1) is 0 Å². The van der Waals surface area contributed by atoms with Gasteiger partial charge in [-0.1, -0.05) is 12.1 Å². The van der Waals surface area contributed by atoms with E-state index in [2.05, 4.69) is 0 Å². The predicted octanol–water partition coefficient (Wildman–Crippen LogP) is 3.69. The third-order valence-corrected chi connectivity index (χ3v) is 5.08. The molecule has 0 aromatic heterocycles. The lowest BCUT2D eigenvalue weighted by Gasteiger charge is -2.25. The average molecular weight is 443 g/mol. The number of ether oxygens (including phenoxy) is 3. The second-order valence-electron chi connectivity index (χ2n) is 7.06. The highest BCUT2D eigenvalue weighted by Crippen LogP contribution is 2.41. The summed E-state index contributed by atoms with van der Waals surface area (Å²) >= 11 is 0. The van der Waals surface area contributed by atoms with Crippen LogP contribution in [0.2, 0.25) is 0 Å². The molecule has 1 aliphatic heterocycles. The van der Waals surface area contributed by atoms with Crippen LogP contribution in [-0.2, 0) is 14.3 Å². The number of aliphatic hydroxyl groups is 1. The molecule has 0 radical (unpaired) electrons. The molecule has 1 saturated heterocycles. The summed E-state index contributed by atoms with van der Waals surface area (Å²) < 4.78 is 29.8. The lowest BCUT2D eigenvalue weighted by molar-refractivity contribution is -0.140. The van der Waals surface area contributed by atoms with E-state index in [9.17, 15) is 19.1 Å². The summed E-state index contributed by atoms with van der Waals surface area (Å²) in [6, 6.07) is 9.41. The molecule has 3 rings (SSSR count). The first-order chi connectivity index (χ1) is 15.4. The molecule has 1 aliphatic rings. The molecule has 2 aromatic rings. The van der Waals surface area contributed by atoms with Crippen LogP contribution >= 0.6 is 0 Å². The molecule has 32 heavy (non-hydrogen) atoms. The van der Waals surface area contributed by atoms with Gasteiger partial charge in [-0.25, -0.2) is 4.39 Å². The fourth-order valence-corrected chi connectivity index (χ4v) is 3.67. The maximum Gasteiger partial charge on any atom is 0.295 e. The molecule has 170 valence electrons. The first kappa shape index (κ1) is 23.3. The largest absolute Gasteiger partial charge is 0.507 e. The van der Waals surface area contributed by atoms with Gasteiger partial charge in [0.2, 0.25) is 0 Å². The molecule has 1 N–H and O–H groups in total. The smallest absolute Gasteiger partial charge is 0.295 e. The van der Waals surface area contributed by atoms with Crippen molar-refractivity contribution in [3.05, 3.63) is 65.0 Å². The molecular formula is C24H26FNO6. The number of benzene rings is 2. The molecule has 2 aromatic carbocycles. The molecule has 0 saturated carbocycles. The topological polar surface area (TPSA) is 85.3 Å². The Labute approximate surface area is 186 Å². The van der Waals surface area contributed by atoms with Crippen LogP contribution in [0.1, 0.15) is 31.0 Å². The van der Waals surface area contributed by atoms with Gasteiger partial charge in [0.05, 0.1) is 37.0 Å². The van der Waals surface area contributed by atoms with Gasteiger partial charge in [0.15, 0.2) is 0 Å². The highest BCUT2D eigenvalue weighted by atomic mass is 19.1. The maximum atomic E-state index is 13.5. The molecule has 1 unspecified atom stereocenters. The normalized spacial score (nSPS) is 17.6. The van der Waals surface area contributed by atoms with Crippen LogP contribution in [0.4, 0.5) is 4.39 Å². The van der Waals surface area contributed by atoms with Crippen molar-refractivity contribution in [2.75, 3.05) is 33.5 Å². The van der Waals surface area contributed by atoms with E-state index >= 15 is 0 Å². The fraction of sp³-hybridized carbons (Fsp3) is 0.333. The van der Waals surface area contributed by atoms with Gasteiger partial charge in [0.25, 0.3) is 11.7 Å². The van der Waals surface area contributed by atoms with E-state index in [1.54, 1.807) is 25.1 Å². The van der Waals surface area contributed by atoms with E-state index < -0.39 is 23.5 Å². The van der Waals surface area contributed by atoms with E-state index in [1.807, 2.05) is 6.92 Å². The predicted molar refractivity (Wildman–Crippen MR) is 116 cm³/mol. The van der Waals surface area contributed by atoms with Crippen molar-refractivity contribution in [1.82, 2.24) is 4.90 Å². The Morgan fingerprint density at radius 1 is 1.06 bits per heavy atom. The monoisotopic (exact) mass is 443 g/mol. The number of amides is 1. The van der Waals surface area contributed by atoms with Crippen LogP contribution in [0.25, 0.3) is 5.76 Å². The van der Waals surface area contributed by atoms with Crippen LogP contribution in [0.3, 0.4) is 0 Å². The maximum absolute atomic E-state index is 13.5. The molecule has 1 amide bonds. The van der Waals surface area contributed by atoms with Crippen molar-refractivity contribution < 1.29 is 33.3 Å². The first-order valence-corrected chi connectivity index (χ1v) is 10.4. The Bertz CT molecular complexity index is 1020. The first-order valence-electron chi connectivity index (χ1n) is 10.4. The minimum Gasteiger partial charge on any atom is -0.507 e. The standard InChI is InChI=1S/C24H26FNO6/c1-4-31-17-10-11-18(19(14-17)32-5-2)22(27)20-21(15-6-8-16(25)9-7-15)26(12-13-30-3)24(29)23(20)28/h6-11,14,21,27H,4-5,12-13H2,1-3H3/b22-20-. The van der Waals surface area contributed by atoms with E-state index in [0.29, 0.717) is 30.3 Å².